The van der Waals surface area contributed by atoms with Gasteiger partial charge in [-0.05, 0) is 12.8 Å². The highest BCUT2D eigenvalue weighted by molar-refractivity contribution is 5.83. The third-order valence-corrected chi connectivity index (χ3v) is 2.88. The van der Waals surface area contributed by atoms with Gasteiger partial charge in [-0.25, -0.2) is 4.98 Å². The summed E-state index contributed by atoms with van der Waals surface area (Å²) >= 11 is 0. The lowest BCUT2D eigenvalue weighted by molar-refractivity contribution is 0.713. The Morgan fingerprint density at radius 2 is 2.33 bits per heavy atom. The Balaban J connectivity index is 1.78. The Hall–Kier alpha value is -1.39. The summed E-state index contributed by atoms with van der Waals surface area (Å²) in [5.74, 6) is 2.23. The largest absolute Gasteiger partial charge is 0.387 e. The lowest BCUT2D eigenvalue weighted by Crippen LogP contribution is -2.22. The number of nitrogens with one attached hydrogen (secondary N) is 1. The molecule has 1 saturated carbocycles. The van der Waals surface area contributed by atoms with Crippen LogP contribution in [0.4, 0.5) is 0 Å². The van der Waals surface area contributed by atoms with Gasteiger partial charge in [0, 0.05) is 18.9 Å². The fourth-order valence-electron chi connectivity index (χ4n) is 1.99. The maximum Gasteiger partial charge on any atom is 0.137 e. The molecule has 0 amide bonds. The molecule has 1 heterocycles. The molecule has 1 aromatic rings. The van der Waals surface area contributed by atoms with Crippen LogP contribution in [0.3, 0.4) is 0 Å². The molecule has 1 aromatic heterocycles. The Bertz CT molecular complexity index is 311. The molecule has 82 valence electrons. The third kappa shape index (κ3) is 2.78. The predicted molar refractivity (Wildman–Crippen MR) is 58.5 cm³/mol. The quantitative estimate of drug-likeness (QED) is 0.568. The molecule has 0 saturated heterocycles. The van der Waals surface area contributed by atoms with Gasteiger partial charge in [0.2, 0.25) is 0 Å². The van der Waals surface area contributed by atoms with Gasteiger partial charge in [0.1, 0.15) is 12.2 Å². The first kappa shape index (κ1) is 10.1. The van der Waals surface area contributed by atoms with Crippen LogP contribution in [-0.2, 0) is 6.42 Å². The molecule has 0 spiro atoms. The molecule has 3 N–H and O–H groups in total. The first-order valence-corrected chi connectivity index (χ1v) is 5.50. The van der Waals surface area contributed by atoms with Crippen LogP contribution >= 0.6 is 0 Å². The van der Waals surface area contributed by atoms with E-state index in [2.05, 4.69) is 20.2 Å². The predicted octanol–water partition coefficient (Wildman–Crippen LogP) is 0.895. The van der Waals surface area contributed by atoms with Gasteiger partial charge in [0.15, 0.2) is 0 Å². The van der Waals surface area contributed by atoms with Crippen LogP contribution in [-0.4, -0.2) is 27.6 Å². The Kier molecular flexibility index (Phi) is 3.32. The molecular weight excluding hydrogens is 190 g/mol. The van der Waals surface area contributed by atoms with Crippen molar-refractivity contribution in [2.45, 2.75) is 32.1 Å². The molecule has 1 fully saturated rings. The number of amidine groups is 1. The molecular formula is C10H17N5. The van der Waals surface area contributed by atoms with E-state index in [1.54, 1.807) is 0 Å². The molecule has 15 heavy (non-hydrogen) atoms. The van der Waals surface area contributed by atoms with Crippen LogP contribution in [0, 0.1) is 5.92 Å². The van der Waals surface area contributed by atoms with Crippen molar-refractivity contribution >= 4 is 5.84 Å². The average Bonchev–Trinajstić information content (AvgIpc) is 2.90. The van der Waals surface area contributed by atoms with Gasteiger partial charge >= 0.3 is 0 Å². The van der Waals surface area contributed by atoms with Crippen LogP contribution in [0.2, 0.25) is 0 Å². The molecule has 0 bridgehead atoms. The van der Waals surface area contributed by atoms with E-state index in [0.29, 0.717) is 12.5 Å². The van der Waals surface area contributed by atoms with Crippen LogP contribution < -0.4 is 5.73 Å². The summed E-state index contributed by atoms with van der Waals surface area (Å²) in [7, 11) is 0. The summed E-state index contributed by atoms with van der Waals surface area (Å²) in [5.41, 5.74) is 5.92. The minimum absolute atomic E-state index is 0.528. The molecule has 1 aliphatic rings. The second kappa shape index (κ2) is 4.91. The SMILES string of the molecule is NC(=NCCc1ncn[nH]1)C1CCCC1. The Labute approximate surface area is 89.2 Å². The Morgan fingerprint density at radius 1 is 1.53 bits per heavy atom. The molecule has 5 heteroatoms. The van der Waals surface area contributed by atoms with Crippen molar-refractivity contribution in [3.05, 3.63) is 12.2 Å². The van der Waals surface area contributed by atoms with Crippen LogP contribution in [0.15, 0.2) is 11.3 Å². The lowest BCUT2D eigenvalue weighted by atomic mass is 10.1. The van der Waals surface area contributed by atoms with E-state index >= 15 is 0 Å². The second-order valence-electron chi connectivity index (χ2n) is 3.97. The van der Waals surface area contributed by atoms with Crippen LogP contribution in [0.1, 0.15) is 31.5 Å². The number of hydrogen-bond acceptors (Lipinski definition) is 3. The number of hydrogen-bond donors (Lipinski definition) is 2. The third-order valence-electron chi connectivity index (χ3n) is 2.88. The molecule has 0 atom stereocenters. The number of nitrogens with zero attached hydrogens (tertiary/aromatic N) is 3. The first-order chi connectivity index (χ1) is 7.36. The van der Waals surface area contributed by atoms with E-state index in [1.165, 1.54) is 32.0 Å². The highest BCUT2D eigenvalue weighted by Gasteiger charge is 2.17. The molecule has 0 aromatic carbocycles. The number of H-pyrrole nitrogens is 1. The van der Waals surface area contributed by atoms with Gasteiger partial charge in [-0.15, -0.1) is 0 Å². The van der Waals surface area contributed by atoms with Gasteiger partial charge in [-0.3, -0.25) is 10.1 Å². The maximum absolute atomic E-state index is 5.92. The van der Waals surface area contributed by atoms with Gasteiger partial charge < -0.3 is 5.73 Å². The average molecular weight is 207 g/mol. The smallest absolute Gasteiger partial charge is 0.137 e. The van der Waals surface area contributed by atoms with Crippen molar-refractivity contribution in [1.82, 2.24) is 15.2 Å². The highest BCUT2D eigenvalue weighted by Crippen LogP contribution is 2.24. The van der Waals surface area contributed by atoms with E-state index in [9.17, 15) is 0 Å². The molecule has 0 radical (unpaired) electrons. The molecule has 0 aliphatic heterocycles. The molecule has 5 nitrogen and oxygen atoms in total. The molecule has 0 unspecified atom stereocenters. The fraction of sp³-hybridized carbons (Fsp3) is 0.700. The van der Waals surface area contributed by atoms with E-state index in [4.69, 9.17) is 5.73 Å². The van der Waals surface area contributed by atoms with Gasteiger partial charge in [0.05, 0.1) is 5.84 Å². The van der Waals surface area contributed by atoms with Crippen molar-refractivity contribution in [2.75, 3.05) is 6.54 Å². The summed E-state index contributed by atoms with van der Waals surface area (Å²) in [6.45, 7) is 0.706. The summed E-state index contributed by atoms with van der Waals surface area (Å²) in [5, 5.41) is 6.59. The second-order valence-corrected chi connectivity index (χ2v) is 3.97. The zero-order valence-electron chi connectivity index (χ0n) is 8.82. The summed E-state index contributed by atoms with van der Waals surface area (Å²) in [6.07, 6.45) is 7.30. The van der Waals surface area contributed by atoms with Crippen molar-refractivity contribution < 1.29 is 0 Å². The van der Waals surface area contributed by atoms with Crippen LogP contribution in [0.5, 0.6) is 0 Å². The maximum atomic E-state index is 5.92. The first-order valence-electron chi connectivity index (χ1n) is 5.50. The van der Waals surface area contributed by atoms with Gasteiger partial charge in [-0.2, -0.15) is 5.10 Å². The van der Waals surface area contributed by atoms with Crippen molar-refractivity contribution in [3.8, 4) is 0 Å². The van der Waals surface area contributed by atoms with E-state index < -0.39 is 0 Å². The molecule has 1 aliphatic carbocycles. The zero-order chi connectivity index (χ0) is 10.5. The van der Waals surface area contributed by atoms with Crippen molar-refractivity contribution in [2.24, 2.45) is 16.6 Å². The number of aromatic nitrogens is 3. The van der Waals surface area contributed by atoms with Gasteiger partial charge in [-0.1, -0.05) is 12.8 Å². The standard InChI is InChI=1S/C10H17N5/c11-10(8-3-1-2-4-8)12-6-5-9-13-7-14-15-9/h7-8H,1-6H2,(H2,11,12)(H,13,14,15). The summed E-state index contributed by atoms with van der Waals surface area (Å²) in [6, 6.07) is 0. The minimum Gasteiger partial charge on any atom is -0.387 e. The van der Waals surface area contributed by atoms with Crippen LogP contribution in [0.25, 0.3) is 0 Å². The summed E-state index contributed by atoms with van der Waals surface area (Å²) in [4.78, 5) is 8.42. The van der Waals surface area contributed by atoms with E-state index in [-0.39, 0.29) is 0 Å². The topological polar surface area (TPSA) is 79.9 Å². The minimum atomic E-state index is 0.528. The zero-order valence-corrected chi connectivity index (χ0v) is 8.82. The number of nitrogens with two attached hydrogens (primary N) is 1. The van der Waals surface area contributed by atoms with Crippen molar-refractivity contribution in [1.29, 1.82) is 0 Å². The monoisotopic (exact) mass is 207 g/mol. The normalized spacial score (nSPS) is 18.5. The fourth-order valence-corrected chi connectivity index (χ4v) is 1.99. The number of aromatic amines is 1. The highest BCUT2D eigenvalue weighted by atomic mass is 15.2. The van der Waals surface area contributed by atoms with E-state index in [1.807, 2.05) is 0 Å². The summed E-state index contributed by atoms with van der Waals surface area (Å²) < 4.78 is 0. The van der Waals surface area contributed by atoms with Gasteiger partial charge in [0.25, 0.3) is 0 Å². The lowest BCUT2D eigenvalue weighted by Gasteiger charge is -2.07. The van der Waals surface area contributed by atoms with Crippen molar-refractivity contribution in [3.63, 3.8) is 0 Å². The number of aliphatic imine (C=N–C) groups is 1. The van der Waals surface area contributed by atoms with E-state index in [0.717, 1.165) is 18.1 Å². The molecule has 2 rings (SSSR count). The number of rotatable bonds is 4. The Morgan fingerprint density at radius 3 is 3.00 bits per heavy atom.